The molecule has 0 aromatic carbocycles. The number of hydrogen-bond acceptors (Lipinski definition) is 4. The van der Waals surface area contributed by atoms with Crippen LogP contribution in [-0.4, -0.2) is 32.1 Å². The lowest BCUT2D eigenvalue weighted by atomic mass is 9.85. The third-order valence-electron chi connectivity index (χ3n) is 2.97. The van der Waals surface area contributed by atoms with Gasteiger partial charge in [0, 0.05) is 13.2 Å². The van der Waals surface area contributed by atoms with E-state index in [9.17, 15) is 0 Å². The first kappa shape index (κ1) is 12.3. The minimum Gasteiger partial charge on any atom is -0.398 e. The quantitative estimate of drug-likeness (QED) is 0.565. The van der Waals surface area contributed by atoms with E-state index in [1.165, 1.54) is 0 Å². The summed E-state index contributed by atoms with van der Waals surface area (Å²) < 4.78 is 11.6. The molecule has 84 valence electrons. The second-order valence-electron chi connectivity index (χ2n) is 4.60. The van der Waals surface area contributed by atoms with Crippen LogP contribution in [0.5, 0.6) is 0 Å². The smallest absolute Gasteiger partial charge is 0.398 e. The monoisotopic (exact) mass is 210 g/mol. The molecular weight excluding hydrogens is 191 g/mol. The first-order valence-corrected chi connectivity index (χ1v) is 5.04. The summed E-state index contributed by atoms with van der Waals surface area (Å²) in [5, 5.41) is 2.89. The van der Waals surface area contributed by atoms with Crippen molar-refractivity contribution < 1.29 is 9.31 Å². The molecule has 1 saturated heterocycles. The predicted molar refractivity (Wildman–Crippen MR) is 62.8 cm³/mol. The zero-order chi connectivity index (χ0) is 11.7. The van der Waals surface area contributed by atoms with Crippen LogP contribution in [0.1, 0.15) is 27.7 Å². The average molecular weight is 210 g/mol. The van der Waals surface area contributed by atoms with Gasteiger partial charge in [0.05, 0.1) is 16.8 Å². The van der Waals surface area contributed by atoms with Gasteiger partial charge < -0.3 is 14.6 Å². The fourth-order valence-corrected chi connectivity index (χ4v) is 1.30. The fourth-order valence-electron chi connectivity index (χ4n) is 1.30. The SMILES string of the molecule is C=N/C(=C\NC)B1OC(C)(C)C(C)(C)O1. The molecule has 4 nitrogen and oxygen atoms in total. The Kier molecular flexibility index (Phi) is 3.26. The molecule has 0 atom stereocenters. The normalized spacial score (nSPS) is 24.1. The van der Waals surface area contributed by atoms with E-state index in [-0.39, 0.29) is 11.2 Å². The molecule has 5 heteroatoms. The Morgan fingerprint density at radius 3 is 2.07 bits per heavy atom. The van der Waals surface area contributed by atoms with E-state index in [4.69, 9.17) is 9.31 Å². The zero-order valence-corrected chi connectivity index (χ0v) is 10.1. The van der Waals surface area contributed by atoms with E-state index in [0.29, 0.717) is 5.60 Å². The van der Waals surface area contributed by atoms with Gasteiger partial charge in [0.15, 0.2) is 0 Å². The second kappa shape index (κ2) is 3.98. The Bertz CT molecular complexity index is 271. The van der Waals surface area contributed by atoms with E-state index in [1.54, 1.807) is 13.2 Å². The molecule has 0 aliphatic carbocycles. The highest BCUT2D eigenvalue weighted by molar-refractivity contribution is 6.54. The summed E-state index contributed by atoms with van der Waals surface area (Å²) in [5.74, 6) is 0. The van der Waals surface area contributed by atoms with Crippen LogP contribution in [0.4, 0.5) is 0 Å². The Labute approximate surface area is 91.9 Å². The molecule has 1 fully saturated rings. The van der Waals surface area contributed by atoms with E-state index in [0.717, 1.165) is 0 Å². The topological polar surface area (TPSA) is 42.9 Å². The lowest BCUT2D eigenvalue weighted by Crippen LogP contribution is -2.41. The van der Waals surface area contributed by atoms with Crippen molar-refractivity contribution in [3.05, 3.63) is 11.8 Å². The molecule has 15 heavy (non-hydrogen) atoms. The van der Waals surface area contributed by atoms with Gasteiger partial charge in [0.1, 0.15) is 0 Å². The van der Waals surface area contributed by atoms with Crippen LogP contribution in [0.15, 0.2) is 16.8 Å². The Balaban J connectivity index is 2.86. The number of aliphatic imine (C=N–C) groups is 1. The summed E-state index contributed by atoms with van der Waals surface area (Å²) in [6.07, 6.45) is 1.73. The van der Waals surface area contributed by atoms with Gasteiger partial charge in [-0.25, -0.2) is 0 Å². The summed E-state index contributed by atoms with van der Waals surface area (Å²) in [4.78, 5) is 3.89. The van der Waals surface area contributed by atoms with E-state index < -0.39 is 7.12 Å². The zero-order valence-electron chi connectivity index (χ0n) is 10.1. The molecule has 1 N–H and O–H groups in total. The minimum absolute atomic E-state index is 0.338. The average Bonchev–Trinajstić information content (AvgIpc) is 2.32. The van der Waals surface area contributed by atoms with Crippen LogP contribution in [0, 0.1) is 0 Å². The van der Waals surface area contributed by atoms with Gasteiger partial charge in [-0.15, -0.1) is 0 Å². The molecule has 1 aliphatic heterocycles. The Hall–Kier alpha value is -0.805. The van der Waals surface area contributed by atoms with Crippen molar-refractivity contribution in [2.45, 2.75) is 38.9 Å². The maximum atomic E-state index is 5.81. The van der Waals surface area contributed by atoms with Crippen molar-refractivity contribution in [2.75, 3.05) is 7.05 Å². The number of rotatable bonds is 3. The molecule has 0 spiro atoms. The van der Waals surface area contributed by atoms with E-state index in [2.05, 4.69) is 17.0 Å². The minimum atomic E-state index is -0.444. The van der Waals surface area contributed by atoms with Gasteiger partial charge in [-0.2, -0.15) is 0 Å². The van der Waals surface area contributed by atoms with Crippen LogP contribution in [-0.2, 0) is 9.31 Å². The van der Waals surface area contributed by atoms with Crippen LogP contribution in [0.25, 0.3) is 0 Å². The number of nitrogens with one attached hydrogen (secondary N) is 1. The molecule has 1 rings (SSSR count). The first-order chi connectivity index (χ1) is 6.84. The van der Waals surface area contributed by atoms with Gasteiger partial charge in [-0.3, -0.25) is 4.99 Å². The highest BCUT2D eigenvalue weighted by atomic mass is 16.7. The second-order valence-corrected chi connectivity index (χ2v) is 4.60. The third-order valence-corrected chi connectivity index (χ3v) is 2.97. The fraction of sp³-hybridized carbons (Fsp3) is 0.700. The lowest BCUT2D eigenvalue weighted by molar-refractivity contribution is 0.00578. The Morgan fingerprint density at radius 1 is 1.27 bits per heavy atom. The number of nitrogens with zero attached hydrogens (tertiary/aromatic N) is 1. The van der Waals surface area contributed by atoms with E-state index in [1.807, 2.05) is 27.7 Å². The van der Waals surface area contributed by atoms with Crippen molar-refractivity contribution in [1.82, 2.24) is 5.32 Å². The van der Waals surface area contributed by atoms with Gasteiger partial charge in [-0.1, -0.05) is 0 Å². The van der Waals surface area contributed by atoms with Gasteiger partial charge >= 0.3 is 7.12 Å². The predicted octanol–water partition coefficient (Wildman–Crippen LogP) is 1.38. The summed E-state index contributed by atoms with van der Waals surface area (Å²) in [7, 11) is 1.36. The van der Waals surface area contributed by atoms with Gasteiger partial charge in [-0.05, 0) is 34.4 Å². The van der Waals surface area contributed by atoms with Crippen LogP contribution in [0.2, 0.25) is 0 Å². The van der Waals surface area contributed by atoms with Crippen molar-refractivity contribution in [1.29, 1.82) is 0 Å². The largest absolute Gasteiger partial charge is 0.516 e. The summed E-state index contributed by atoms with van der Waals surface area (Å²) in [6, 6.07) is 0. The standard InChI is InChI=1S/C10H19BN2O2/c1-9(2)10(3,4)15-11(14-9)8(13-6)7-12-5/h7,12H,6H2,1-5H3/b8-7-. The molecule has 0 unspecified atom stereocenters. The molecule has 0 bridgehead atoms. The van der Waals surface area contributed by atoms with Crippen molar-refractivity contribution in [3.8, 4) is 0 Å². The molecule has 0 aromatic heterocycles. The van der Waals surface area contributed by atoms with Gasteiger partial charge in [0.25, 0.3) is 0 Å². The highest BCUT2D eigenvalue weighted by Gasteiger charge is 2.52. The molecule has 0 amide bonds. The van der Waals surface area contributed by atoms with Crippen LogP contribution >= 0.6 is 0 Å². The summed E-state index contributed by atoms with van der Waals surface area (Å²) in [6.45, 7) is 11.5. The molecular formula is C10H19BN2O2. The van der Waals surface area contributed by atoms with E-state index >= 15 is 0 Å². The maximum absolute atomic E-state index is 5.81. The van der Waals surface area contributed by atoms with Crippen molar-refractivity contribution in [2.24, 2.45) is 4.99 Å². The lowest BCUT2D eigenvalue weighted by Gasteiger charge is -2.32. The van der Waals surface area contributed by atoms with Crippen molar-refractivity contribution >= 4 is 13.8 Å². The molecule has 0 radical (unpaired) electrons. The molecule has 0 saturated carbocycles. The molecule has 0 aromatic rings. The molecule has 1 aliphatic rings. The van der Waals surface area contributed by atoms with Crippen LogP contribution < -0.4 is 5.32 Å². The first-order valence-electron chi connectivity index (χ1n) is 5.04. The van der Waals surface area contributed by atoms with Crippen LogP contribution in [0.3, 0.4) is 0 Å². The maximum Gasteiger partial charge on any atom is 0.516 e. The number of hydrogen-bond donors (Lipinski definition) is 1. The summed E-state index contributed by atoms with van der Waals surface area (Å²) in [5.41, 5.74) is -0.0131. The van der Waals surface area contributed by atoms with Crippen molar-refractivity contribution in [3.63, 3.8) is 0 Å². The van der Waals surface area contributed by atoms with Gasteiger partial charge in [0.2, 0.25) is 0 Å². The Morgan fingerprint density at radius 2 is 1.73 bits per heavy atom. The third kappa shape index (κ3) is 2.24. The molecule has 1 heterocycles. The summed E-state index contributed by atoms with van der Waals surface area (Å²) >= 11 is 0. The highest BCUT2D eigenvalue weighted by Crippen LogP contribution is 2.38.